The monoisotopic (exact) mass is 350 g/mol. The predicted octanol–water partition coefficient (Wildman–Crippen LogP) is 4.10. The summed E-state index contributed by atoms with van der Waals surface area (Å²) in [4.78, 5) is 20.9. The minimum absolute atomic E-state index is 0.265. The number of nitrogens with one attached hydrogen (secondary N) is 2. The van der Waals surface area contributed by atoms with E-state index < -0.39 is 0 Å². The zero-order chi connectivity index (χ0) is 18.5. The van der Waals surface area contributed by atoms with Crippen molar-refractivity contribution in [2.45, 2.75) is 20.4 Å². The largest absolute Gasteiger partial charge is 0.350 e. The number of anilines is 2. The van der Waals surface area contributed by atoms with Crippen molar-refractivity contribution in [1.82, 2.24) is 9.97 Å². The van der Waals surface area contributed by atoms with Crippen LogP contribution in [0.25, 0.3) is 0 Å². The molecule has 0 aliphatic heterocycles. The van der Waals surface area contributed by atoms with Crippen molar-refractivity contribution in [3.05, 3.63) is 82.9 Å². The van der Waals surface area contributed by atoms with E-state index in [0.29, 0.717) is 22.8 Å². The predicted molar refractivity (Wildman–Crippen MR) is 99.6 cm³/mol. The molecule has 132 valence electrons. The molecule has 3 rings (SSSR count). The molecule has 0 unspecified atom stereocenters. The van der Waals surface area contributed by atoms with Crippen LogP contribution < -0.4 is 10.6 Å². The zero-order valence-corrected chi connectivity index (χ0v) is 14.6. The van der Waals surface area contributed by atoms with Gasteiger partial charge in [0.15, 0.2) is 0 Å². The number of aromatic nitrogens is 2. The van der Waals surface area contributed by atoms with Gasteiger partial charge in [-0.3, -0.25) is 4.79 Å². The number of hydrogen-bond acceptors (Lipinski definition) is 4. The van der Waals surface area contributed by atoms with Crippen LogP contribution >= 0.6 is 0 Å². The lowest BCUT2D eigenvalue weighted by Crippen LogP contribution is -2.16. The molecule has 1 heterocycles. The van der Waals surface area contributed by atoms with Gasteiger partial charge in [0.05, 0.1) is 11.3 Å². The number of halogens is 1. The molecule has 0 saturated carbocycles. The van der Waals surface area contributed by atoms with Crippen molar-refractivity contribution in [1.29, 1.82) is 0 Å². The van der Waals surface area contributed by atoms with Crippen molar-refractivity contribution >= 4 is 17.5 Å². The first-order valence-electron chi connectivity index (χ1n) is 8.22. The smallest absolute Gasteiger partial charge is 0.259 e. The third-order valence-corrected chi connectivity index (χ3v) is 3.89. The Morgan fingerprint density at radius 1 is 1.12 bits per heavy atom. The Hall–Kier alpha value is -3.28. The normalized spacial score (nSPS) is 10.4. The van der Waals surface area contributed by atoms with Crippen LogP contribution in [0.2, 0.25) is 0 Å². The fraction of sp³-hybridized carbons (Fsp3) is 0.150. The highest BCUT2D eigenvalue weighted by Gasteiger charge is 2.12. The Kier molecular flexibility index (Phi) is 5.22. The maximum atomic E-state index is 13.6. The van der Waals surface area contributed by atoms with E-state index in [-0.39, 0.29) is 18.3 Å². The maximum Gasteiger partial charge on any atom is 0.259 e. The van der Waals surface area contributed by atoms with Crippen molar-refractivity contribution in [2.75, 3.05) is 10.6 Å². The Labute approximate surface area is 151 Å². The van der Waals surface area contributed by atoms with Crippen molar-refractivity contribution in [3.8, 4) is 0 Å². The average Bonchev–Trinajstić information content (AvgIpc) is 2.61. The van der Waals surface area contributed by atoms with Crippen molar-refractivity contribution in [2.24, 2.45) is 0 Å². The number of aryl methyl sites for hydroxylation is 2. The molecule has 0 fully saturated rings. The summed E-state index contributed by atoms with van der Waals surface area (Å²) in [7, 11) is 0. The number of benzene rings is 2. The fourth-order valence-corrected chi connectivity index (χ4v) is 2.51. The van der Waals surface area contributed by atoms with Crippen molar-refractivity contribution in [3.63, 3.8) is 0 Å². The molecule has 2 N–H and O–H groups in total. The van der Waals surface area contributed by atoms with Crippen LogP contribution in [0, 0.1) is 19.7 Å². The lowest BCUT2D eigenvalue weighted by molar-refractivity contribution is 0.102. The second kappa shape index (κ2) is 7.74. The minimum atomic E-state index is -0.286. The highest BCUT2D eigenvalue weighted by atomic mass is 19.1. The minimum Gasteiger partial charge on any atom is -0.350 e. The topological polar surface area (TPSA) is 66.9 Å². The molecule has 1 amide bonds. The van der Waals surface area contributed by atoms with E-state index in [9.17, 15) is 9.18 Å². The number of rotatable bonds is 5. The third-order valence-electron chi connectivity index (χ3n) is 3.89. The lowest BCUT2D eigenvalue weighted by Gasteiger charge is -2.10. The van der Waals surface area contributed by atoms with Gasteiger partial charge in [0.25, 0.3) is 5.91 Å². The Morgan fingerprint density at radius 2 is 1.92 bits per heavy atom. The first-order valence-corrected chi connectivity index (χ1v) is 8.22. The van der Waals surface area contributed by atoms with E-state index in [2.05, 4.69) is 20.6 Å². The van der Waals surface area contributed by atoms with Gasteiger partial charge in [0.1, 0.15) is 5.82 Å². The molecule has 0 bridgehead atoms. The third kappa shape index (κ3) is 4.22. The first kappa shape index (κ1) is 17.5. The molecule has 0 saturated heterocycles. The molecule has 0 atom stereocenters. The second-order valence-corrected chi connectivity index (χ2v) is 5.96. The zero-order valence-electron chi connectivity index (χ0n) is 14.6. The van der Waals surface area contributed by atoms with E-state index in [1.54, 1.807) is 25.1 Å². The summed E-state index contributed by atoms with van der Waals surface area (Å²) in [6.07, 6.45) is 1.47. The van der Waals surface area contributed by atoms with Gasteiger partial charge in [-0.25, -0.2) is 14.4 Å². The fourth-order valence-electron chi connectivity index (χ4n) is 2.51. The summed E-state index contributed by atoms with van der Waals surface area (Å²) in [5.41, 5.74) is 3.23. The van der Waals surface area contributed by atoms with Crippen LogP contribution in [0.3, 0.4) is 0 Å². The summed E-state index contributed by atoms with van der Waals surface area (Å²) >= 11 is 0. The molecule has 5 nitrogen and oxygen atoms in total. The molecule has 0 aliphatic rings. The number of amides is 1. The summed E-state index contributed by atoms with van der Waals surface area (Å²) in [5.74, 6) is -0.211. The maximum absolute atomic E-state index is 13.6. The van der Waals surface area contributed by atoms with Gasteiger partial charge in [0, 0.05) is 24.0 Å². The Balaban J connectivity index is 1.69. The Morgan fingerprint density at radius 3 is 2.65 bits per heavy atom. The molecular weight excluding hydrogens is 331 g/mol. The molecule has 2 aromatic carbocycles. The van der Waals surface area contributed by atoms with E-state index in [1.165, 1.54) is 12.3 Å². The molecule has 6 heteroatoms. The molecule has 26 heavy (non-hydrogen) atoms. The molecule has 0 aliphatic carbocycles. The molecule has 1 aromatic heterocycles. The van der Waals surface area contributed by atoms with Gasteiger partial charge in [0.2, 0.25) is 5.95 Å². The van der Waals surface area contributed by atoms with Crippen LogP contribution in [-0.2, 0) is 6.54 Å². The number of nitrogens with zero attached hydrogens (tertiary/aromatic N) is 2. The van der Waals surface area contributed by atoms with E-state index in [0.717, 1.165) is 11.3 Å². The van der Waals surface area contributed by atoms with Crippen LogP contribution in [0.15, 0.2) is 54.7 Å². The Bertz CT molecular complexity index is 943. The van der Waals surface area contributed by atoms with Gasteiger partial charge in [-0.15, -0.1) is 0 Å². The van der Waals surface area contributed by atoms with Gasteiger partial charge < -0.3 is 10.6 Å². The number of carbonyl (C=O) groups excluding carboxylic acids is 1. The summed E-state index contributed by atoms with van der Waals surface area (Å²) in [6.45, 7) is 3.96. The number of hydrogen-bond donors (Lipinski definition) is 2. The van der Waals surface area contributed by atoms with Gasteiger partial charge in [-0.05, 0) is 37.6 Å². The summed E-state index contributed by atoms with van der Waals surface area (Å²) < 4.78 is 13.6. The average molecular weight is 350 g/mol. The van der Waals surface area contributed by atoms with Crippen LogP contribution in [-0.4, -0.2) is 15.9 Å². The molecule has 0 radical (unpaired) electrons. The van der Waals surface area contributed by atoms with Crippen LogP contribution in [0.1, 0.15) is 27.2 Å². The molecular formula is C20H19FN4O. The van der Waals surface area contributed by atoms with E-state index in [1.807, 2.05) is 31.2 Å². The highest BCUT2D eigenvalue weighted by molar-refractivity contribution is 6.04. The lowest BCUT2D eigenvalue weighted by atomic mass is 10.2. The standard InChI is InChI=1S/C20H19FN4O/c1-13-6-5-8-16(10-13)25-19(26)17-12-23-20(24-14(17)2)22-11-15-7-3-4-9-18(15)21/h3-10,12H,11H2,1-2H3,(H,25,26)(H,22,23,24). The van der Waals surface area contributed by atoms with Gasteiger partial charge in [-0.2, -0.15) is 0 Å². The summed E-state index contributed by atoms with van der Waals surface area (Å²) in [5, 5.41) is 5.81. The quantitative estimate of drug-likeness (QED) is 0.727. The second-order valence-electron chi connectivity index (χ2n) is 5.96. The first-order chi connectivity index (χ1) is 12.5. The number of carbonyl (C=O) groups is 1. The van der Waals surface area contributed by atoms with Crippen molar-refractivity contribution < 1.29 is 9.18 Å². The molecule has 0 spiro atoms. The van der Waals surface area contributed by atoms with E-state index in [4.69, 9.17) is 0 Å². The van der Waals surface area contributed by atoms with Gasteiger partial charge in [-0.1, -0.05) is 30.3 Å². The van der Waals surface area contributed by atoms with Crippen LogP contribution in [0.5, 0.6) is 0 Å². The SMILES string of the molecule is Cc1cccc(NC(=O)c2cnc(NCc3ccccc3F)nc2C)c1. The van der Waals surface area contributed by atoms with Crippen LogP contribution in [0.4, 0.5) is 16.0 Å². The molecule has 3 aromatic rings. The summed E-state index contributed by atoms with van der Waals surface area (Å²) in [6, 6.07) is 14.1. The van der Waals surface area contributed by atoms with E-state index >= 15 is 0 Å². The van der Waals surface area contributed by atoms with Gasteiger partial charge >= 0.3 is 0 Å². The highest BCUT2D eigenvalue weighted by Crippen LogP contribution is 2.14.